The van der Waals surface area contributed by atoms with E-state index in [0.29, 0.717) is 11.5 Å². The van der Waals surface area contributed by atoms with Crippen LogP contribution in [0.2, 0.25) is 0 Å². The van der Waals surface area contributed by atoms with Gasteiger partial charge in [-0.05, 0) is 62.8 Å². The van der Waals surface area contributed by atoms with E-state index in [1.807, 2.05) is 0 Å². The van der Waals surface area contributed by atoms with Crippen molar-refractivity contribution in [2.45, 2.75) is 89.7 Å². The summed E-state index contributed by atoms with van der Waals surface area (Å²) < 4.78 is 6.26. The molecule has 3 fully saturated rings. The van der Waals surface area contributed by atoms with E-state index in [4.69, 9.17) is 4.74 Å². The molecule has 3 atom stereocenters. The second-order valence-electron chi connectivity index (χ2n) is 8.65. The largest absolute Gasteiger partial charge is 0.375 e. The third-order valence-corrected chi connectivity index (χ3v) is 6.91. The standard InChI is InChI=1S/C19H35NO/c1-18(2)10-5-4-8-16(18)17(20-3)15-9-13-21-19(14-15)11-6-7-12-19/h15-17,20H,4-14H2,1-3H3. The van der Waals surface area contributed by atoms with E-state index in [1.165, 1.54) is 64.2 Å². The van der Waals surface area contributed by atoms with E-state index in [9.17, 15) is 0 Å². The van der Waals surface area contributed by atoms with E-state index in [0.717, 1.165) is 18.4 Å². The lowest BCUT2D eigenvalue weighted by atomic mass is 9.62. The Balaban J connectivity index is 1.73. The normalized spacial score (nSPS) is 36.7. The molecule has 0 bridgehead atoms. The van der Waals surface area contributed by atoms with Crippen LogP contribution < -0.4 is 5.32 Å². The first-order valence-corrected chi connectivity index (χ1v) is 9.38. The summed E-state index contributed by atoms with van der Waals surface area (Å²) in [4.78, 5) is 0. The maximum Gasteiger partial charge on any atom is 0.0685 e. The van der Waals surface area contributed by atoms with Crippen LogP contribution in [-0.4, -0.2) is 25.3 Å². The third kappa shape index (κ3) is 3.17. The van der Waals surface area contributed by atoms with E-state index in [-0.39, 0.29) is 5.60 Å². The number of nitrogens with one attached hydrogen (secondary N) is 1. The Bertz CT molecular complexity index is 345. The van der Waals surface area contributed by atoms with Gasteiger partial charge in [-0.15, -0.1) is 0 Å². The van der Waals surface area contributed by atoms with Crippen LogP contribution in [-0.2, 0) is 4.74 Å². The van der Waals surface area contributed by atoms with Crippen molar-refractivity contribution >= 4 is 0 Å². The van der Waals surface area contributed by atoms with Gasteiger partial charge in [-0.25, -0.2) is 0 Å². The van der Waals surface area contributed by atoms with Crippen LogP contribution in [0, 0.1) is 17.3 Å². The number of hydrogen-bond donors (Lipinski definition) is 1. The van der Waals surface area contributed by atoms with Gasteiger partial charge in [0.05, 0.1) is 5.60 Å². The lowest BCUT2D eigenvalue weighted by Gasteiger charge is -2.49. The van der Waals surface area contributed by atoms with E-state index < -0.39 is 0 Å². The molecule has 3 unspecified atom stereocenters. The minimum atomic E-state index is 0.261. The summed E-state index contributed by atoms with van der Waals surface area (Å²) in [6.45, 7) is 6.01. The molecule has 0 aromatic rings. The number of rotatable bonds is 3. The van der Waals surface area contributed by atoms with Gasteiger partial charge in [-0.3, -0.25) is 0 Å². The molecule has 21 heavy (non-hydrogen) atoms. The van der Waals surface area contributed by atoms with Crippen LogP contribution in [0.15, 0.2) is 0 Å². The summed E-state index contributed by atoms with van der Waals surface area (Å²) in [7, 11) is 2.20. The first-order chi connectivity index (χ1) is 10.1. The van der Waals surface area contributed by atoms with Crippen LogP contribution in [0.3, 0.4) is 0 Å². The van der Waals surface area contributed by atoms with Crippen molar-refractivity contribution in [2.24, 2.45) is 17.3 Å². The zero-order valence-electron chi connectivity index (χ0n) is 14.4. The van der Waals surface area contributed by atoms with Crippen molar-refractivity contribution in [3.8, 4) is 0 Å². The smallest absolute Gasteiger partial charge is 0.0685 e. The van der Waals surface area contributed by atoms with Crippen molar-refractivity contribution in [1.29, 1.82) is 0 Å². The highest BCUT2D eigenvalue weighted by atomic mass is 16.5. The Kier molecular flexibility index (Phi) is 4.66. The quantitative estimate of drug-likeness (QED) is 0.825. The van der Waals surface area contributed by atoms with Crippen LogP contribution in [0.25, 0.3) is 0 Å². The molecule has 1 aliphatic heterocycles. The van der Waals surface area contributed by atoms with Gasteiger partial charge in [0.2, 0.25) is 0 Å². The number of ether oxygens (including phenoxy) is 1. The highest BCUT2D eigenvalue weighted by Crippen LogP contribution is 2.48. The highest BCUT2D eigenvalue weighted by Gasteiger charge is 2.46. The van der Waals surface area contributed by atoms with Crippen molar-refractivity contribution in [3.05, 3.63) is 0 Å². The lowest BCUT2D eigenvalue weighted by molar-refractivity contribution is -0.105. The van der Waals surface area contributed by atoms with Gasteiger partial charge < -0.3 is 10.1 Å². The molecular weight excluding hydrogens is 258 g/mol. The predicted molar refractivity (Wildman–Crippen MR) is 88.5 cm³/mol. The van der Waals surface area contributed by atoms with Crippen molar-refractivity contribution < 1.29 is 4.74 Å². The van der Waals surface area contributed by atoms with Gasteiger partial charge in [0.1, 0.15) is 0 Å². The van der Waals surface area contributed by atoms with E-state index >= 15 is 0 Å². The van der Waals surface area contributed by atoms with Crippen molar-refractivity contribution in [2.75, 3.05) is 13.7 Å². The first kappa shape index (κ1) is 15.8. The zero-order valence-corrected chi connectivity index (χ0v) is 14.4. The second kappa shape index (κ2) is 6.20. The molecule has 122 valence electrons. The third-order valence-electron chi connectivity index (χ3n) is 6.91. The van der Waals surface area contributed by atoms with Crippen LogP contribution in [0.5, 0.6) is 0 Å². The van der Waals surface area contributed by atoms with Crippen LogP contribution >= 0.6 is 0 Å². The maximum absolute atomic E-state index is 6.26. The molecule has 1 spiro atoms. The Morgan fingerprint density at radius 3 is 2.38 bits per heavy atom. The Labute approximate surface area is 131 Å². The fourth-order valence-corrected chi connectivity index (χ4v) is 5.69. The average molecular weight is 293 g/mol. The second-order valence-corrected chi connectivity index (χ2v) is 8.65. The molecule has 0 aromatic heterocycles. The fraction of sp³-hybridized carbons (Fsp3) is 1.00. The van der Waals surface area contributed by atoms with Crippen LogP contribution in [0.1, 0.15) is 78.1 Å². The predicted octanol–water partition coefficient (Wildman–Crippen LogP) is 4.53. The molecule has 0 amide bonds. The topological polar surface area (TPSA) is 21.3 Å². The summed E-state index contributed by atoms with van der Waals surface area (Å²) in [6.07, 6.45) is 13.6. The van der Waals surface area contributed by atoms with Crippen molar-refractivity contribution in [3.63, 3.8) is 0 Å². The Morgan fingerprint density at radius 2 is 1.71 bits per heavy atom. The van der Waals surface area contributed by atoms with Gasteiger partial charge in [0, 0.05) is 12.6 Å². The SMILES string of the molecule is CNC(C1CCOC2(CCCC2)C1)C1CCCCC1(C)C. The molecular formula is C19H35NO. The summed E-state index contributed by atoms with van der Waals surface area (Å²) >= 11 is 0. The zero-order chi connectivity index (χ0) is 14.9. The van der Waals surface area contributed by atoms with E-state index in [1.54, 1.807) is 0 Å². The van der Waals surface area contributed by atoms with Gasteiger partial charge >= 0.3 is 0 Å². The molecule has 2 nitrogen and oxygen atoms in total. The summed E-state index contributed by atoms with van der Waals surface area (Å²) in [6, 6.07) is 0.696. The van der Waals surface area contributed by atoms with E-state index in [2.05, 4.69) is 26.2 Å². The van der Waals surface area contributed by atoms with Gasteiger partial charge in [0.25, 0.3) is 0 Å². The van der Waals surface area contributed by atoms with Gasteiger partial charge in [-0.1, -0.05) is 39.5 Å². The minimum absolute atomic E-state index is 0.261. The maximum atomic E-state index is 6.26. The summed E-state index contributed by atoms with van der Waals surface area (Å²) in [5.74, 6) is 1.67. The summed E-state index contributed by atoms with van der Waals surface area (Å²) in [5.41, 5.74) is 0.768. The average Bonchev–Trinajstić information content (AvgIpc) is 2.89. The molecule has 1 heterocycles. The fourth-order valence-electron chi connectivity index (χ4n) is 5.69. The molecule has 1 N–H and O–H groups in total. The molecule has 2 aliphatic carbocycles. The van der Waals surface area contributed by atoms with Crippen LogP contribution in [0.4, 0.5) is 0 Å². The summed E-state index contributed by atoms with van der Waals surface area (Å²) in [5, 5.41) is 3.75. The Morgan fingerprint density at radius 1 is 1.00 bits per heavy atom. The molecule has 2 saturated carbocycles. The molecule has 1 saturated heterocycles. The Hall–Kier alpha value is -0.0800. The van der Waals surface area contributed by atoms with Gasteiger partial charge in [0.15, 0.2) is 0 Å². The minimum Gasteiger partial charge on any atom is -0.375 e. The molecule has 2 heteroatoms. The molecule has 3 aliphatic rings. The highest BCUT2D eigenvalue weighted by molar-refractivity contribution is 4.98. The lowest BCUT2D eigenvalue weighted by Crippen LogP contribution is -2.51. The van der Waals surface area contributed by atoms with Gasteiger partial charge in [-0.2, -0.15) is 0 Å². The molecule has 3 rings (SSSR count). The van der Waals surface area contributed by atoms with Crippen molar-refractivity contribution in [1.82, 2.24) is 5.32 Å². The monoisotopic (exact) mass is 293 g/mol. The first-order valence-electron chi connectivity index (χ1n) is 9.38. The molecule has 0 radical (unpaired) electrons. The molecule has 0 aromatic carbocycles. The number of hydrogen-bond acceptors (Lipinski definition) is 2.